The van der Waals surface area contributed by atoms with E-state index in [4.69, 9.17) is 16.3 Å². The number of anilines is 1. The van der Waals surface area contributed by atoms with Crippen molar-refractivity contribution in [2.24, 2.45) is 21.7 Å². The zero-order valence-electron chi connectivity index (χ0n) is 13.7. The monoisotopic (exact) mass is 350 g/mol. The van der Waals surface area contributed by atoms with Crippen LogP contribution >= 0.6 is 0 Å². The van der Waals surface area contributed by atoms with E-state index in [1.807, 2.05) is 6.92 Å². The summed E-state index contributed by atoms with van der Waals surface area (Å²) in [6.07, 6.45) is 0.974. The molecule has 0 amide bonds. The van der Waals surface area contributed by atoms with Gasteiger partial charge in [0, 0.05) is 11.8 Å². The molecule has 3 rings (SSSR count). The molecule has 25 heavy (non-hydrogen) atoms. The lowest BCUT2D eigenvalue weighted by Crippen LogP contribution is -2.33. The first kappa shape index (κ1) is 17.4. The molecule has 1 aromatic heterocycles. The Kier molecular flexibility index (Phi) is 4.77. The van der Waals surface area contributed by atoms with E-state index in [1.54, 1.807) is 22.9 Å². The highest BCUT2D eigenvalue weighted by Crippen LogP contribution is 2.36. The Labute approximate surface area is 144 Å². The molecule has 0 saturated carbocycles. The molecular formula is C15H22N6O4. The minimum Gasteiger partial charge on any atom is -0.394 e. The number of ether oxygens (including phenoxy) is 1. The molecule has 136 valence electrons. The van der Waals surface area contributed by atoms with Crippen molar-refractivity contribution in [2.45, 2.75) is 31.5 Å². The van der Waals surface area contributed by atoms with Crippen LogP contribution in [0, 0.1) is 0 Å². The fraction of sp³-hybridized carbons (Fsp3) is 0.467. The lowest BCUT2D eigenvalue weighted by atomic mass is 10.1. The fourth-order valence-corrected chi connectivity index (χ4v) is 3.11. The molecule has 0 bridgehead atoms. The van der Waals surface area contributed by atoms with Crippen LogP contribution in [0.15, 0.2) is 28.4 Å². The summed E-state index contributed by atoms with van der Waals surface area (Å²) in [5, 5.41) is 36.5. The first-order chi connectivity index (χ1) is 12.0. The number of rotatable bonds is 4. The van der Waals surface area contributed by atoms with Gasteiger partial charge >= 0.3 is 0 Å². The van der Waals surface area contributed by atoms with Crippen LogP contribution in [0.5, 0.6) is 0 Å². The van der Waals surface area contributed by atoms with Crippen molar-refractivity contribution in [3.05, 3.63) is 29.5 Å². The second-order valence-electron chi connectivity index (χ2n) is 5.80. The van der Waals surface area contributed by atoms with E-state index < -0.39 is 31.1 Å². The lowest BCUT2D eigenvalue weighted by Gasteiger charge is -2.22. The minimum absolute atomic E-state index is 0.260. The number of hydrogen-bond acceptors (Lipinski definition) is 9. The molecule has 10 nitrogen and oxygen atoms in total. The van der Waals surface area contributed by atoms with Gasteiger partial charge in [0.1, 0.15) is 36.6 Å². The van der Waals surface area contributed by atoms with Gasteiger partial charge in [-0.1, -0.05) is 6.08 Å². The van der Waals surface area contributed by atoms with Crippen molar-refractivity contribution >= 4 is 17.4 Å². The number of nitrogens with zero attached hydrogens (tertiary/aromatic N) is 3. The molecule has 0 radical (unpaired) electrons. The van der Waals surface area contributed by atoms with E-state index in [0.717, 1.165) is 0 Å². The van der Waals surface area contributed by atoms with Crippen molar-refractivity contribution in [3.8, 4) is 0 Å². The standard InChI is InChI=1S/C15H22N6O4/c1-2-3-8(20-17)7-4-21(14-10(7)13(16)18-6-19-14)15-12(24)11(23)9(5-22)25-15/h2-4,9,11-12,15,19,22-24H,5-6,17H2,1H3,(H2,16,18)/b3-2-,20-8+/t9-,11?,12?,15-/m1/s1. The normalized spacial score (nSPS) is 29.6. The van der Waals surface area contributed by atoms with Gasteiger partial charge in [0.25, 0.3) is 0 Å². The van der Waals surface area contributed by atoms with Gasteiger partial charge in [0.2, 0.25) is 0 Å². The second-order valence-corrected chi connectivity index (χ2v) is 5.80. The number of amidine groups is 1. The number of hydrazone groups is 1. The number of nitrogens with one attached hydrogen (secondary N) is 1. The van der Waals surface area contributed by atoms with E-state index in [0.29, 0.717) is 28.5 Å². The van der Waals surface area contributed by atoms with Crippen molar-refractivity contribution in [3.63, 3.8) is 0 Å². The number of aromatic nitrogens is 1. The van der Waals surface area contributed by atoms with Crippen LogP contribution in [-0.2, 0) is 4.74 Å². The zero-order valence-corrected chi connectivity index (χ0v) is 13.7. The third-order valence-electron chi connectivity index (χ3n) is 4.32. The Hall–Kier alpha value is -2.40. The Morgan fingerprint density at radius 2 is 2.28 bits per heavy atom. The molecule has 4 atom stereocenters. The van der Waals surface area contributed by atoms with Crippen molar-refractivity contribution < 1.29 is 20.1 Å². The molecular weight excluding hydrogens is 328 g/mol. The number of fused-ring (bicyclic) bond motifs is 1. The highest BCUT2D eigenvalue weighted by molar-refractivity contribution is 6.18. The maximum Gasteiger partial charge on any atom is 0.164 e. The summed E-state index contributed by atoms with van der Waals surface area (Å²) in [5.41, 5.74) is 7.73. The first-order valence-corrected chi connectivity index (χ1v) is 7.85. The molecule has 10 heteroatoms. The SMILES string of the molecule is C/C=C\C(=N/N)c1cn([C@@H]2O[C@H](CO)C(O)C2O)c2c1C(N)=NCN2. The van der Waals surface area contributed by atoms with E-state index in [-0.39, 0.29) is 6.67 Å². The smallest absolute Gasteiger partial charge is 0.164 e. The lowest BCUT2D eigenvalue weighted by molar-refractivity contribution is -0.0516. The number of nitrogens with two attached hydrogens (primary N) is 2. The van der Waals surface area contributed by atoms with Gasteiger partial charge in [-0.05, 0) is 13.0 Å². The van der Waals surface area contributed by atoms with E-state index in [9.17, 15) is 15.3 Å². The zero-order chi connectivity index (χ0) is 18.1. The molecule has 0 spiro atoms. The average molecular weight is 350 g/mol. The Balaban J connectivity index is 2.12. The molecule has 3 heterocycles. The molecule has 2 aliphatic heterocycles. The van der Waals surface area contributed by atoms with Crippen LogP contribution in [0.25, 0.3) is 0 Å². The predicted octanol–water partition coefficient (Wildman–Crippen LogP) is -1.57. The van der Waals surface area contributed by atoms with Crippen LogP contribution < -0.4 is 16.9 Å². The molecule has 2 unspecified atom stereocenters. The molecule has 8 N–H and O–H groups in total. The van der Waals surface area contributed by atoms with Crippen LogP contribution in [0.2, 0.25) is 0 Å². The summed E-state index contributed by atoms with van der Waals surface area (Å²) in [5.74, 6) is 6.38. The minimum atomic E-state index is -1.22. The third kappa shape index (κ3) is 2.78. The summed E-state index contributed by atoms with van der Waals surface area (Å²) >= 11 is 0. The van der Waals surface area contributed by atoms with E-state index in [2.05, 4.69) is 15.4 Å². The van der Waals surface area contributed by atoms with Crippen molar-refractivity contribution in [1.82, 2.24) is 4.57 Å². The highest BCUT2D eigenvalue weighted by atomic mass is 16.6. The van der Waals surface area contributed by atoms with E-state index >= 15 is 0 Å². The summed E-state index contributed by atoms with van der Waals surface area (Å²) in [6, 6.07) is 0. The molecule has 0 aromatic carbocycles. The Bertz CT molecular complexity index is 741. The van der Waals surface area contributed by atoms with Crippen LogP contribution in [0.4, 0.5) is 5.82 Å². The maximum absolute atomic E-state index is 10.3. The Morgan fingerprint density at radius 1 is 1.52 bits per heavy atom. The second kappa shape index (κ2) is 6.84. The number of aliphatic hydroxyl groups is 3. The van der Waals surface area contributed by atoms with E-state index in [1.165, 1.54) is 0 Å². The van der Waals surface area contributed by atoms with Gasteiger partial charge < -0.3 is 41.5 Å². The van der Waals surface area contributed by atoms with Gasteiger partial charge in [-0.2, -0.15) is 5.10 Å². The maximum atomic E-state index is 10.3. The van der Waals surface area contributed by atoms with Gasteiger partial charge in [0.15, 0.2) is 6.23 Å². The summed E-state index contributed by atoms with van der Waals surface area (Å²) in [7, 11) is 0. The quantitative estimate of drug-likeness (QED) is 0.217. The average Bonchev–Trinajstić information content (AvgIpc) is 3.12. The summed E-state index contributed by atoms with van der Waals surface area (Å²) in [4.78, 5) is 4.17. The van der Waals surface area contributed by atoms with Crippen LogP contribution in [0.3, 0.4) is 0 Å². The van der Waals surface area contributed by atoms with Crippen molar-refractivity contribution in [1.29, 1.82) is 0 Å². The predicted molar refractivity (Wildman–Crippen MR) is 92.2 cm³/mol. The molecule has 2 aliphatic rings. The molecule has 0 aliphatic carbocycles. The molecule has 1 saturated heterocycles. The van der Waals surface area contributed by atoms with Crippen LogP contribution in [0.1, 0.15) is 24.3 Å². The van der Waals surface area contributed by atoms with Gasteiger partial charge in [-0.15, -0.1) is 0 Å². The molecule has 1 aromatic rings. The summed E-state index contributed by atoms with van der Waals surface area (Å²) in [6.45, 7) is 1.68. The number of allylic oxidation sites excluding steroid dienone is 2. The third-order valence-corrected chi connectivity index (χ3v) is 4.32. The van der Waals surface area contributed by atoms with Crippen molar-refractivity contribution in [2.75, 3.05) is 18.6 Å². The number of hydrogen-bond donors (Lipinski definition) is 6. The first-order valence-electron chi connectivity index (χ1n) is 7.85. The largest absolute Gasteiger partial charge is 0.394 e. The van der Waals surface area contributed by atoms with Gasteiger partial charge in [-0.25, -0.2) is 4.99 Å². The molecule has 1 fully saturated rings. The number of aliphatic imine (C=N–C) groups is 1. The van der Waals surface area contributed by atoms with Gasteiger partial charge in [-0.3, -0.25) is 0 Å². The highest BCUT2D eigenvalue weighted by Gasteiger charge is 2.44. The Morgan fingerprint density at radius 3 is 2.88 bits per heavy atom. The fourth-order valence-electron chi connectivity index (χ4n) is 3.11. The summed E-state index contributed by atoms with van der Waals surface area (Å²) < 4.78 is 7.23. The number of aliphatic hydroxyl groups excluding tert-OH is 3. The topological polar surface area (TPSA) is 164 Å². The van der Waals surface area contributed by atoms with Gasteiger partial charge in [0.05, 0.1) is 17.9 Å². The van der Waals surface area contributed by atoms with Crippen LogP contribution in [-0.4, -0.2) is 63.0 Å².